The number of para-hydroxylation sites is 2. The molecule has 0 bridgehead atoms. The van der Waals surface area contributed by atoms with E-state index in [-0.39, 0.29) is 4.90 Å². The Hall–Kier alpha value is -2.90. The van der Waals surface area contributed by atoms with Crippen molar-refractivity contribution in [3.63, 3.8) is 0 Å². The van der Waals surface area contributed by atoms with Gasteiger partial charge < -0.3 is 10.6 Å². The van der Waals surface area contributed by atoms with Crippen LogP contribution in [0.5, 0.6) is 0 Å². The number of thiocarbonyl (C=S) groups is 1. The van der Waals surface area contributed by atoms with E-state index in [9.17, 15) is 8.42 Å². The van der Waals surface area contributed by atoms with Gasteiger partial charge in [-0.15, -0.1) is 0 Å². The molecule has 0 amide bonds. The summed E-state index contributed by atoms with van der Waals surface area (Å²) in [6.07, 6.45) is 0. The van der Waals surface area contributed by atoms with Crippen LogP contribution in [0.3, 0.4) is 0 Å². The average molecular weight is 412 g/mol. The van der Waals surface area contributed by atoms with Gasteiger partial charge in [0.15, 0.2) is 5.11 Å². The van der Waals surface area contributed by atoms with Crippen molar-refractivity contribution in [3.8, 4) is 0 Å². The van der Waals surface area contributed by atoms with Gasteiger partial charge in [0.05, 0.1) is 10.6 Å². The Morgan fingerprint density at radius 3 is 2.29 bits per heavy atom. The van der Waals surface area contributed by atoms with Gasteiger partial charge in [-0.05, 0) is 61.1 Å². The van der Waals surface area contributed by atoms with Gasteiger partial charge in [-0.1, -0.05) is 42.5 Å². The average Bonchev–Trinajstić information content (AvgIpc) is 2.70. The number of benzene rings is 3. The molecule has 0 spiro atoms. The highest BCUT2D eigenvalue weighted by atomic mass is 32.2. The Morgan fingerprint density at radius 1 is 0.893 bits per heavy atom. The lowest BCUT2D eigenvalue weighted by molar-refractivity contribution is 0.594. The molecule has 0 saturated carbocycles. The highest BCUT2D eigenvalue weighted by Crippen LogP contribution is 2.24. The van der Waals surface area contributed by atoms with Crippen molar-refractivity contribution in [2.75, 3.05) is 22.0 Å². The maximum Gasteiger partial charge on any atom is 0.264 e. The number of rotatable bonds is 5. The number of hydrogen-bond acceptors (Lipinski definition) is 3. The highest BCUT2D eigenvalue weighted by Gasteiger charge is 2.21. The molecule has 0 fully saturated rings. The summed E-state index contributed by atoms with van der Waals surface area (Å²) in [5.41, 5.74) is 3.14. The fourth-order valence-corrected chi connectivity index (χ4v) is 4.14. The Bertz CT molecular complexity index is 1080. The van der Waals surface area contributed by atoms with E-state index in [0.717, 1.165) is 11.3 Å². The maximum absolute atomic E-state index is 13.0. The molecule has 0 radical (unpaired) electrons. The van der Waals surface area contributed by atoms with Crippen LogP contribution < -0.4 is 14.9 Å². The minimum absolute atomic E-state index is 0.183. The van der Waals surface area contributed by atoms with Crippen LogP contribution in [-0.2, 0) is 10.0 Å². The summed E-state index contributed by atoms with van der Waals surface area (Å²) in [6, 6.07) is 23.3. The summed E-state index contributed by atoms with van der Waals surface area (Å²) >= 11 is 5.36. The number of anilines is 3. The monoisotopic (exact) mass is 411 g/mol. The van der Waals surface area contributed by atoms with E-state index >= 15 is 0 Å². The van der Waals surface area contributed by atoms with E-state index in [4.69, 9.17) is 12.2 Å². The fourth-order valence-electron chi connectivity index (χ4n) is 2.67. The second kappa shape index (κ2) is 8.41. The van der Waals surface area contributed by atoms with Crippen LogP contribution in [0.1, 0.15) is 5.56 Å². The zero-order chi connectivity index (χ0) is 20.1. The van der Waals surface area contributed by atoms with E-state index < -0.39 is 10.0 Å². The molecule has 0 aliphatic heterocycles. The lowest BCUT2D eigenvalue weighted by Gasteiger charge is -2.20. The molecular weight excluding hydrogens is 390 g/mol. The molecule has 0 saturated heterocycles. The summed E-state index contributed by atoms with van der Waals surface area (Å²) < 4.78 is 27.2. The van der Waals surface area contributed by atoms with Crippen LogP contribution in [0, 0.1) is 6.92 Å². The first kappa shape index (κ1) is 19.9. The van der Waals surface area contributed by atoms with Crippen LogP contribution in [-0.4, -0.2) is 20.6 Å². The molecule has 5 nitrogen and oxygen atoms in total. The standard InChI is InChI=1S/C21H21N3O2S2/c1-16-9-6-7-14-20(16)23-21(27)22-17-10-8-13-19(15-17)28(25,26)24(2)18-11-4-3-5-12-18/h3-15H,1-2H3,(H2,22,23,27). The first-order chi connectivity index (χ1) is 13.4. The van der Waals surface area contributed by atoms with Gasteiger partial charge in [0.1, 0.15) is 0 Å². The Labute approximate surface area is 171 Å². The van der Waals surface area contributed by atoms with Crippen molar-refractivity contribution in [3.05, 3.63) is 84.4 Å². The third-order valence-corrected chi connectivity index (χ3v) is 6.25. The molecule has 28 heavy (non-hydrogen) atoms. The van der Waals surface area contributed by atoms with E-state index in [2.05, 4.69) is 10.6 Å². The number of nitrogens with one attached hydrogen (secondary N) is 2. The first-order valence-corrected chi connectivity index (χ1v) is 10.5. The van der Waals surface area contributed by atoms with Crippen molar-refractivity contribution in [1.29, 1.82) is 0 Å². The largest absolute Gasteiger partial charge is 0.332 e. The zero-order valence-electron chi connectivity index (χ0n) is 15.6. The predicted molar refractivity (Wildman–Crippen MR) is 119 cm³/mol. The number of hydrogen-bond donors (Lipinski definition) is 2. The minimum Gasteiger partial charge on any atom is -0.332 e. The lowest BCUT2D eigenvalue weighted by Crippen LogP contribution is -2.26. The predicted octanol–water partition coefficient (Wildman–Crippen LogP) is 4.63. The smallest absolute Gasteiger partial charge is 0.264 e. The second-order valence-corrected chi connectivity index (χ2v) is 8.61. The molecule has 3 aromatic carbocycles. The van der Waals surface area contributed by atoms with E-state index in [0.29, 0.717) is 16.5 Å². The van der Waals surface area contributed by atoms with Crippen LogP contribution in [0.4, 0.5) is 17.1 Å². The summed E-state index contributed by atoms with van der Waals surface area (Å²) in [7, 11) is -2.15. The molecule has 0 unspecified atom stereocenters. The quantitative estimate of drug-likeness (QED) is 0.600. The Kier molecular flexibility index (Phi) is 5.96. The molecule has 0 aliphatic carbocycles. The van der Waals surface area contributed by atoms with E-state index in [1.807, 2.05) is 37.3 Å². The van der Waals surface area contributed by atoms with E-state index in [1.54, 1.807) is 48.5 Å². The SMILES string of the molecule is Cc1ccccc1NC(=S)Nc1cccc(S(=O)(=O)N(C)c2ccccc2)c1. The molecule has 0 heterocycles. The van der Waals surface area contributed by atoms with Gasteiger partial charge >= 0.3 is 0 Å². The zero-order valence-corrected chi connectivity index (χ0v) is 17.2. The molecule has 0 atom stereocenters. The molecule has 0 aromatic heterocycles. The van der Waals surface area contributed by atoms with Crippen molar-refractivity contribution in [2.45, 2.75) is 11.8 Å². The van der Waals surface area contributed by atoms with Crippen molar-refractivity contribution in [2.24, 2.45) is 0 Å². The first-order valence-electron chi connectivity index (χ1n) is 8.65. The highest BCUT2D eigenvalue weighted by molar-refractivity contribution is 7.92. The van der Waals surface area contributed by atoms with E-state index in [1.165, 1.54) is 11.4 Å². The fraction of sp³-hybridized carbons (Fsp3) is 0.0952. The van der Waals surface area contributed by atoms with Gasteiger partial charge in [-0.3, -0.25) is 4.31 Å². The second-order valence-electron chi connectivity index (χ2n) is 6.23. The number of aryl methyl sites for hydroxylation is 1. The molecule has 7 heteroatoms. The molecule has 144 valence electrons. The van der Waals surface area contributed by atoms with Crippen LogP contribution in [0.15, 0.2) is 83.8 Å². The lowest BCUT2D eigenvalue weighted by atomic mass is 10.2. The van der Waals surface area contributed by atoms with Crippen molar-refractivity contribution >= 4 is 44.4 Å². The molecule has 3 aromatic rings. The topological polar surface area (TPSA) is 61.4 Å². The summed E-state index contributed by atoms with van der Waals surface area (Å²) in [5, 5.41) is 6.56. The molecule has 3 rings (SSSR count). The maximum atomic E-state index is 13.0. The van der Waals surface area contributed by atoms with Gasteiger partial charge in [0.2, 0.25) is 0 Å². The van der Waals surface area contributed by atoms with Crippen LogP contribution in [0.2, 0.25) is 0 Å². The number of nitrogens with zero attached hydrogens (tertiary/aromatic N) is 1. The Morgan fingerprint density at radius 2 is 1.57 bits per heavy atom. The van der Waals surface area contributed by atoms with Crippen LogP contribution >= 0.6 is 12.2 Å². The van der Waals surface area contributed by atoms with Crippen LogP contribution in [0.25, 0.3) is 0 Å². The van der Waals surface area contributed by atoms with Gasteiger partial charge in [0, 0.05) is 18.4 Å². The summed E-state index contributed by atoms with van der Waals surface area (Å²) in [4.78, 5) is 0.183. The summed E-state index contributed by atoms with van der Waals surface area (Å²) in [5.74, 6) is 0. The summed E-state index contributed by atoms with van der Waals surface area (Å²) in [6.45, 7) is 1.98. The molecular formula is C21H21N3O2S2. The van der Waals surface area contributed by atoms with Gasteiger partial charge in [0.25, 0.3) is 10.0 Å². The van der Waals surface area contributed by atoms with Crippen molar-refractivity contribution < 1.29 is 8.42 Å². The normalized spacial score (nSPS) is 10.9. The minimum atomic E-state index is -3.69. The van der Waals surface area contributed by atoms with Crippen molar-refractivity contribution in [1.82, 2.24) is 0 Å². The third kappa shape index (κ3) is 4.49. The van der Waals surface area contributed by atoms with Gasteiger partial charge in [-0.25, -0.2) is 8.42 Å². The molecule has 2 N–H and O–H groups in total. The third-order valence-electron chi connectivity index (χ3n) is 4.26. The Balaban J connectivity index is 1.78. The number of sulfonamides is 1. The molecule has 0 aliphatic rings. The van der Waals surface area contributed by atoms with Gasteiger partial charge in [-0.2, -0.15) is 0 Å².